The van der Waals surface area contributed by atoms with E-state index in [-0.39, 0.29) is 28.9 Å². The Morgan fingerprint density at radius 2 is 1.80 bits per heavy atom. The summed E-state index contributed by atoms with van der Waals surface area (Å²) in [5.74, 6) is 0. The monoisotopic (exact) mass is 533 g/mol. The number of alkyl halides is 3. The van der Waals surface area contributed by atoms with Gasteiger partial charge in [-0.1, -0.05) is 18.2 Å². The van der Waals surface area contributed by atoms with Crippen LogP contribution in [0, 0.1) is 0 Å². The number of aliphatic hydroxyl groups is 2. The lowest BCUT2D eigenvalue weighted by Gasteiger charge is -2.45. The second kappa shape index (κ2) is 9.98. The first-order valence-corrected chi connectivity index (χ1v) is 13.8. The van der Waals surface area contributed by atoms with Gasteiger partial charge >= 0.3 is 6.18 Å². The topological polar surface area (TPSA) is 84.3 Å². The Morgan fingerprint density at radius 3 is 2.40 bits per heavy atom. The Bertz CT molecular complexity index is 1090. The zero-order valence-corrected chi connectivity index (χ0v) is 21.0. The predicted molar refractivity (Wildman–Crippen MR) is 128 cm³/mol. The van der Waals surface area contributed by atoms with Crippen molar-refractivity contribution in [1.29, 1.82) is 0 Å². The molecule has 0 aliphatic carbocycles. The number of anilines is 1. The summed E-state index contributed by atoms with van der Waals surface area (Å²) in [7, 11) is -3.65. The van der Waals surface area contributed by atoms with Gasteiger partial charge in [-0.25, -0.2) is 8.42 Å². The highest BCUT2D eigenvalue weighted by atomic mass is 32.2. The number of halogens is 3. The Labute approximate surface area is 207 Å². The van der Waals surface area contributed by atoms with E-state index in [9.17, 15) is 31.8 Å². The van der Waals surface area contributed by atoms with Crippen molar-refractivity contribution < 1.29 is 31.8 Å². The van der Waals surface area contributed by atoms with E-state index in [1.807, 2.05) is 4.90 Å². The van der Waals surface area contributed by atoms with E-state index in [4.69, 9.17) is 0 Å². The summed E-state index contributed by atoms with van der Waals surface area (Å²) < 4.78 is 67.8. The molecule has 0 saturated carbocycles. The van der Waals surface area contributed by atoms with E-state index in [2.05, 4.69) is 4.90 Å². The molecule has 2 aliphatic heterocycles. The highest BCUT2D eigenvalue weighted by Crippen LogP contribution is 2.39. The van der Waals surface area contributed by atoms with E-state index in [1.165, 1.54) is 28.6 Å². The lowest BCUT2D eigenvalue weighted by molar-refractivity contribution is -0.258. The van der Waals surface area contributed by atoms with Gasteiger partial charge in [0.25, 0.3) is 10.0 Å². The van der Waals surface area contributed by atoms with Crippen molar-refractivity contribution >= 4 is 27.0 Å². The molecule has 1 aromatic carbocycles. The molecule has 35 heavy (non-hydrogen) atoms. The average Bonchev–Trinajstić information content (AvgIpc) is 3.34. The molecule has 7 nitrogen and oxygen atoms in total. The van der Waals surface area contributed by atoms with Gasteiger partial charge in [-0.15, -0.1) is 11.3 Å². The van der Waals surface area contributed by atoms with Crippen LogP contribution in [0.5, 0.6) is 0 Å². The summed E-state index contributed by atoms with van der Waals surface area (Å²) in [6.07, 6.45) is -3.68. The summed E-state index contributed by atoms with van der Waals surface area (Å²) in [5, 5.41) is 21.8. The van der Waals surface area contributed by atoms with Crippen LogP contribution in [0.2, 0.25) is 0 Å². The highest BCUT2D eigenvalue weighted by molar-refractivity contribution is 7.91. The summed E-state index contributed by atoms with van der Waals surface area (Å²) in [6.45, 7) is 3.33. The van der Waals surface area contributed by atoms with Gasteiger partial charge in [0.1, 0.15) is 4.21 Å². The van der Waals surface area contributed by atoms with Crippen LogP contribution in [0.25, 0.3) is 0 Å². The van der Waals surface area contributed by atoms with Gasteiger partial charge in [0, 0.05) is 38.4 Å². The minimum Gasteiger partial charge on any atom is -0.392 e. The number of rotatable bonds is 6. The van der Waals surface area contributed by atoms with Crippen molar-refractivity contribution in [1.82, 2.24) is 9.21 Å². The third-order valence-electron chi connectivity index (χ3n) is 6.80. The predicted octanol–water partition coefficient (Wildman–Crippen LogP) is 2.85. The number of benzene rings is 1. The van der Waals surface area contributed by atoms with E-state index >= 15 is 0 Å². The number of hydrogen-bond donors (Lipinski definition) is 2. The molecule has 0 unspecified atom stereocenters. The molecular formula is C23H30F3N3O4S2. The van der Waals surface area contributed by atoms with Crippen LogP contribution in [0.15, 0.2) is 46.0 Å². The van der Waals surface area contributed by atoms with Gasteiger partial charge in [-0.2, -0.15) is 17.5 Å². The van der Waals surface area contributed by atoms with Crippen LogP contribution in [0.1, 0.15) is 25.3 Å². The fourth-order valence-corrected chi connectivity index (χ4v) is 7.33. The summed E-state index contributed by atoms with van der Waals surface area (Å²) in [5.41, 5.74) is -2.58. The maximum Gasteiger partial charge on any atom is 0.421 e. The van der Waals surface area contributed by atoms with Gasteiger partial charge in [-0.3, -0.25) is 4.90 Å². The number of aliphatic hydroxyl groups excluding tert-OH is 1. The average molecular weight is 534 g/mol. The largest absolute Gasteiger partial charge is 0.421 e. The van der Waals surface area contributed by atoms with Crippen molar-refractivity contribution in [2.75, 3.05) is 44.2 Å². The van der Waals surface area contributed by atoms with Crippen molar-refractivity contribution in [3.8, 4) is 0 Å². The van der Waals surface area contributed by atoms with E-state index in [1.54, 1.807) is 17.5 Å². The molecule has 2 N–H and O–H groups in total. The highest BCUT2D eigenvalue weighted by Gasteiger charge is 2.51. The molecule has 2 saturated heterocycles. The van der Waals surface area contributed by atoms with Crippen molar-refractivity contribution in [2.24, 2.45) is 0 Å². The number of β-amino-alcohol motifs (C(OH)–C–C–N with tert-alkyl or cyclic N) is 1. The van der Waals surface area contributed by atoms with E-state index < -0.39 is 27.9 Å². The molecule has 3 atom stereocenters. The molecule has 1 aromatic heterocycles. The first kappa shape index (κ1) is 26.4. The van der Waals surface area contributed by atoms with E-state index in [0.717, 1.165) is 37.6 Å². The smallest absolute Gasteiger partial charge is 0.392 e. The molecule has 194 valence electrons. The van der Waals surface area contributed by atoms with Gasteiger partial charge < -0.3 is 15.1 Å². The number of piperazine rings is 1. The maximum absolute atomic E-state index is 13.3. The SMILES string of the molecule is C[C@](O)(c1ccc(N2CCN(S(=O)(=O)c3cccs3)C[C@@H]2CN2CCC[C@H](O)C2)cc1)C(F)(F)F. The Morgan fingerprint density at radius 1 is 1.09 bits per heavy atom. The first-order chi connectivity index (χ1) is 16.4. The quantitative estimate of drug-likeness (QED) is 0.594. The molecule has 2 aromatic rings. The van der Waals surface area contributed by atoms with Crippen LogP contribution < -0.4 is 4.90 Å². The van der Waals surface area contributed by atoms with Gasteiger partial charge in [-0.05, 0) is 55.5 Å². The Hall–Kier alpha value is -1.70. The van der Waals surface area contributed by atoms with Crippen LogP contribution in [-0.2, 0) is 15.6 Å². The number of piperidine rings is 1. The van der Waals surface area contributed by atoms with Crippen LogP contribution in [0.4, 0.5) is 18.9 Å². The number of likely N-dealkylation sites (tertiary alicyclic amines) is 1. The summed E-state index contributed by atoms with van der Waals surface area (Å²) in [4.78, 5) is 4.11. The maximum atomic E-state index is 13.3. The molecule has 2 aliphatic rings. The fraction of sp³-hybridized carbons (Fsp3) is 0.565. The van der Waals surface area contributed by atoms with Crippen molar-refractivity contribution in [3.05, 3.63) is 47.3 Å². The molecule has 0 spiro atoms. The lowest BCUT2D eigenvalue weighted by Crippen LogP contribution is -2.59. The molecule has 3 heterocycles. The van der Waals surface area contributed by atoms with E-state index in [0.29, 0.717) is 25.3 Å². The second-order valence-corrected chi connectivity index (χ2v) is 12.4. The fourth-order valence-electron chi connectivity index (χ4n) is 4.71. The molecule has 4 rings (SSSR count). The molecule has 0 radical (unpaired) electrons. The minimum absolute atomic E-state index is 0.217. The second-order valence-electron chi connectivity index (χ2n) is 9.31. The lowest BCUT2D eigenvalue weighted by atomic mass is 9.95. The third-order valence-corrected chi connectivity index (χ3v) is 10.0. The molecule has 0 bridgehead atoms. The minimum atomic E-state index is -4.81. The van der Waals surface area contributed by atoms with Crippen LogP contribution in [-0.4, -0.2) is 85.4 Å². The van der Waals surface area contributed by atoms with Gasteiger partial charge in [0.2, 0.25) is 0 Å². The zero-order valence-electron chi connectivity index (χ0n) is 19.4. The number of hydrogen-bond acceptors (Lipinski definition) is 7. The standard InChI is InChI=1S/C23H30F3N3O4S2/c1-22(31,23(24,25)26)17-6-8-18(9-7-17)29-12-11-28(35(32,33)21-5-3-13-34-21)15-19(29)14-27-10-2-4-20(30)16-27/h3,5-9,13,19-20,30-31H,2,4,10-12,14-16H2,1H3/t19-,20-,22-/m0/s1. The Kier molecular flexibility index (Phi) is 7.52. The molecule has 2 fully saturated rings. The number of sulfonamides is 1. The van der Waals surface area contributed by atoms with Gasteiger partial charge in [0.15, 0.2) is 5.60 Å². The number of thiophene rings is 1. The molecular weight excluding hydrogens is 503 g/mol. The summed E-state index contributed by atoms with van der Waals surface area (Å²) >= 11 is 1.16. The normalized spacial score (nSPS) is 24.9. The zero-order chi connectivity index (χ0) is 25.4. The van der Waals surface area contributed by atoms with Crippen LogP contribution >= 0.6 is 11.3 Å². The Balaban J connectivity index is 1.59. The molecule has 12 heteroatoms. The number of nitrogens with zero attached hydrogens (tertiary/aromatic N) is 3. The van der Waals surface area contributed by atoms with Crippen molar-refractivity contribution in [3.63, 3.8) is 0 Å². The van der Waals surface area contributed by atoms with Crippen molar-refractivity contribution in [2.45, 2.75) is 47.9 Å². The summed E-state index contributed by atoms with van der Waals surface area (Å²) in [6, 6.07) is 8.61. The van der Waals surface area contributed by atoms with Crippen LogP contribution in [0.3, 0.4) is 0 Å². The molecule has 0 amide bonds. The third kappa shape index (κ3) is 5.52. The van der Waals surface area contributed by atoms with Gasteiger partial charge in [0.05, 0.1) is 12.1 Å². The first-order valence-electron chi connectivity index (χ1n) is 11.5.